The molecule has 0 aliphatic carbocycles. The number of alkyl halides is 3. The molecule has 0 amide bonds. The zero-order valence-corrected chi connectivity index (χ0v) is 24.9. The maximum atomic E-state index is 13.4. The quantitative estimate of drug-likeness (QED) is 0.214. The van der Waals surface area contributed by atoms with Crippen LogP contribution in [0.2, 0.25) is 0 Å². The minimum atomic E-state index is -4.54. The van der Waals surface area contributed by atoms with E-state index in [0.717, 1.165) is 17.7 Å². The number of ether oxygens (including phenoxy) is 2. The molecule has 0 bridgehead atoms. The molecule has 2 heterocycles. The third kappa shape index (κ3) is 7.36. The zero-order valence-electron chi connectivity index (χ0n) is 22.5. The van der Waals surface area contributed by atoms with Crippen molar-refractivity contribution in [3.8, 4) is 23.0 Å². The Labute approximate surface area is 243 Å². The monoisotopic (exact) mass is 653 g/mol. The van der Waals surface area contributed by atoms with Crippen LogP contribution in [0.4, 0.5) is 19.0 Å². The van der Waals surface area contributed by atoms with Gasteiger partial charge in [-0.05, 0) is 56.7 Å². The molecule has 218 valence electrons. The topological polar surface area (TPSA) is 108 Å². The van der Waals surface area contributed by atoms with Gasteiger partial charge in [0.15, 0.2) is 0 Å². The number of anilines is 1. The summed E-state index contributed by atoms with van der Waals surface area (Å²) in [7, 11) is -2.61. The molecule has 2 aromatic heterocycles. The second-order valence-corrected chi connectivity index (χ2v) is 12.6. The average Bonchev–Trinajstić information content (AvgIpc) is 3.20. The van der Waals surface area contributed by atoms with E-state index >= 15 is 0 Å². The molecule has 0 aliphatic heterocycles. The number of halogens is 4. The summed E-state index contributed by atoms with van der Waals surface area (Å²) in [5.41, 5.74) is 0.355. The molecule has 41 heavy (non-hydrogen) atoms. The molecular formula is C27H27BrF3N5O4S. The van der Waals surface area contributed by atoms with Crippen molar-refractivity contribution in [2.75, 3.05) is 17.9 Å². The largest absolute Gasteiger partial charge is 0.472 e. The molecule has 1 N–H and O–H groups in total. The summed E-state index contributed by atoms with van der Waals surface area (Å²) in [5, 5.41) is 4.29. The predicted molar refractivity (Wildman–Crippen MR) is 150 cm³/mol. The van der Waals surface area contributed by atoms with E-state index in [4.69, 9.17) is 9.47 Å². The maximum absolute atomic E-state index is 13.4. The molecule has 9 nitrogen and oxygen atoms in total. The Morgan fingerprint density at radius 1 is 0.902 bits per heavy atom. The van der Waals surface area contributed by atoms with Crippen LogP contribution in [0.3, 0.4) is 0 Å². The number of aryl methyl sites for hydroxylation is 1. The second kappa shape index (κ2) is 11.7. The standard InChI is InChI=1S/C27H27BrF3N5O4S/c1-26(2,3)18-9-11-21(12-10-18)41(37,38)35-23-22(17-5-7-19(8-6-17)27(29,30)31)24(34-36(23)4)39-13-14-40-25-32-15-20(28)16-33-25/h5-12,15-16,35H,13-14H2,1-4H3. The summed E-state index contributed by atoms with van der Waals surface area (Å²) >= 11 is 3.23. The molecule has 14 heteroatoms. The lowest BCUT2D eigenvalue weighted by molar-refractivity contribution is -0.137. The van der Waals surface area contributed by atoms with Crippen LogP contribution >= 0.6 is 15.9 Å². The highest BCUT2D eigenvalue weighted by Gasteiger charge is 2.31. The molecule has 2 aromatic carbocycles. The normalized spacial score (nSPS) is 12.3. The van der Waals surface area contributed by atoms with E-state index in [2.05, 4.69) is 35.7 Å². The number of nitrogens with one attached hydrogen (secondary N) is 1. The Kier molecular flexibility index (Phi) is 8.64. The van der Waals surface area contributed by atoms with Gasteiger partial charge in [0.1, 0.15) is 19.0 Å². The lowest BCUT2D eigenvalue weighted by atomic mass is 9.87. The van der Waals surface area contributed by atoms with Gasteiger partial charge in [0, 0.05) is 19.4 Å². The van der Waals surface area contributed by atoms with Crippen molar-refractivity contribution in [3.05, 3.63) is 76.5 Å². The Hall–Kier alpha value is -3.65. The Morgan fingerprint density at radius 3 is 2.02 bits per heavy atom. The highest BCUT2D eigenvalue weighted by atomic mass is 79.9. The molecule has 0 saturated carbocycles. The van der Waals surface area contributed by atoms with Crippen molar-refractivity contribution < 1.29 is 31.1 Å². The van der Waals surface area contributed by atoms with Crippen molar-refractivity contribution in [1.29, 1.82) is 0 Å². The van der Waals surface area contributed by atoms with Crippen LogP contribution in [0.25, 0.3) is 11.1 Å². The summed E-state index contributed by atoms with van der Waals surface area (Å²) in [6.45, 7) is 6.02. The lowest BCUT2D eigenvalue weighted by Gasteiger charge is -2.19. The number of sulfonamides is 1. The molecule has 0 fully saturated rings. The van der Waals surface area contributed by atoms with Gasteiger partial charge in [0.05, 0.1) is 20.5 Å². The highest BCUT2D eigenvalue weighted by molar-refractivity contribution is 9.10. The van der Waals surface area contributed by atoms with Gasteiger partial charge in [-0.25, -0.2) is 23.1 Å². The summed E-state index contributed by atoms with van der Waals surface area (Å²) in [4.78, 5) is 8.01. The average molecular weight is 655 g/mol. The molecule has 4 aromatic rings. The summed E-state index contributed by atoms with van der Waals surface area (Å²) in [5.74, 6) is 0.00480. The highest BCUT2D eigenvalue weighted by Crippen LogP contribution is 2.39. The Bertz CT molecular complexity index is 1600. The van der Waals surface area contributed by atoms with E-state index in [1.807, 2.05) is 20.8 Å². The van der Waals surface area contributed by atoms with Crippen molar-refractivity contribution in [1.82, 2.24) is 19.7 Å². The van der Waals surface area contributed by atoms with Gasteiger partial charge in [-0.3, -0.25) is 4.72 Å². The first-order valence-corrected chi connectivity index (χ1v) is 14.5. The number of nitrogens with zero attached hydrogens (tertiary/aromatic N) is 4. The van der Waals surface area contributed by atoms with Gasteiger partial charge < -0.3 is 9.47 Å². The smallest absolute Gasteiger partial charge is 0.416 e. The summed E-state index contributed by atoms with van der Waals surface area (Å²) in [6.07, 6.45) is -1.51. The van der Waals surface area contributed by atoms with Crippen molar-refractivity contribution >= 4 is 31.8 Å². The van der Waals surface area contributed by atoms with Crippen LogP contribution in [-0.2, 0) is 28.7 Å². The molecule has 0 radical (unpaired) electrons. The number of rotatable bonds is 9. The minimum absolute atomic E-state index is 0.00614. The van der Waals surface area contributed by atoms with Gasteiger partial charge >= 0.3 is 12.2 Å². The molecule has 0 atom stereocenters. The Morgan fingerprint density at radius 2 is 1.46 bits per heavy atom. The number of benzene rings is 2. The third-order valence-corrected chi connectivity index (χ3v) is 7.69. The Balaban J connectivity index is 1.64. The fourth-order valence-electron chi connectivity index (χ4n) is 3.77. The van der Waals surface area contributed by atoms with Crippen LogP contribution in [0.15, 0.2) is 70.3 Å². The van der Waals surface area contributed by atoms with Gasteiger partial charge in [-0.1, -0.05) is 45.0 Å². The van der Waals surface area contributed by atoms with E-state index in [1.165, 1.54) is 48.4 Å². The second-order valence-electron chi connectivity index (χ2n) is 9.99. The number of hydrogen-bond donors (Lipinski definition) is 1. The molecule has 0 aliphatic rings. The van der Waals surface area contributed by atoms with E-state index in [9.17, 15) is 21.6 Å². The molecular weight excluding hydrogens is 627 g/mol. The van der Waals surface area contributed by atoms with Gasteiger partial charge in [0.25, 0.3) is 10.0 Å². The van der Waals surface area contributed by atoms with E-state index in [-0.39, 0.29) is 52.4 Å². The van der Waals surface area contributed by atoms with Gasteiger partial charge in [-0.15, -0.1) is 5.10 Å². The van der Waals surface area contributed by atoms with Gasteiger partial charge in [0.2, 0.25) is 5.88 Å². The van der Waals surface area contributed by atoms with Gasteiger partial charge in [-0.2, -0.15) is 13.2 Å². The minimum Gasteiger partial charge on any atom is -0.472 e. The SMILES string of the molecule is Cn1nc(OCCOc2ncc(Br)cn2)c(-c2ccc(C(F)(F)F)cc2)c1NS(=O)(=O)c1ccc(C(C)(C)C)cc1. The zero-order chi connectivity index (χ0) is 30.0. The van der Waals surface area contributed by atoms with Crippen LogP contribution in [-0.4, -0.2) is 41.4 Å². The molecule has 0 saturated heterocycles. The summed E-state index contributed by atoms with van der Waals surface area (Å²) in [6, 6.07) is 10.9. The van der Waals surface area contributed by atoms with E-state index in [0.29, 0.717) is 4.47 Å². The first-order valence-electron chi connectivity index (χ1n) is 12.3. The molecule has 0 spiro atoms. The van der Waals surface area contributed by atoms with Crippen molar-refractivity contribution in [2.45, 2.75) is 37.3 Å². The lowest BCUT2D eigenvalue weighted by Crippen LogP contribution is -2.17. The maximum Gasteiger partial charge on any atom is 0.416 e. The summed E-state index contributed by atoms with van der Waals surface area (Å²) < 4.78 is 82.0. The predicted octanol–water partition coefficient (Wildman–Crippen LogP) is 6.21. The third-order valence-electron chi connectivity index (χ3n) is 5.93. The molecule has 4 rings (SSSR count). The van der Waals surface area contributed by atoms with Crippen LogP contribution < -0.4 is 14.2 Å². The fraction of sp³-hybridized carbons (Fsp3) is 0.296. The van der Waals surface area contributed by atoms with E-state index < -0.39 is 21.8 Å². The first kappa shape index (κ1) is 30.3. The number of hydrogen-bond acceptors (Lipinski definition) is 7. The fourth-order valence-corrected chi connectivity index (χ4v) is 5.08. The molecule has 0 unspecified atom stereocenters. The van der Waals surface area contributed by atoms with Crippen molar-refractivity contribution in [3.63, 3.8) is 0 Å². The van der Waals surface area contributed by atoms with Crippen LogP contribution in [0, 0.1) is 0 Å². The van der Waals surface area contributed by atoms with Crippen molar-refractivity contribution in [2.24, 2.45) is 7.05 Å². The van der Waals surface area contributed by atoms with Crippen LogP contribution in [0.5, 0.6) is 11.9 Å². The number of aromatic nitrogens is 4. The van der Waals surface area contributed by atoms with Crippen LogP contribution in [0.1, 0.15) is 31.9 Å². The van der Waals surface area contributed by atoms with E-state index in [1.54, 1.807) is 12.1 Å². The first-order chi connectivity index (χ1) is 19.1.